The monoisotopic (exact) mass is 384 g/mol. The predicted molar refractivity (Wildman–Crippen MR) is 99.4 cm³/mol. The number of allylic oxidation sites excluding steroid dienone is 1. The van der Waals surface area contributed by atoms with E-state index < -0.39 is 36.0 Å². The van der Waals surface area contributed by atoms with Gasteiger partial charge in [-0.25, -0.2) is 15.1 Å². The molecule has 1 saturated heterocycles. The zero-order chi connectivity index (χ0) is 20.2. The third-order valence-electron chi connectivity index (χ3n) is 4.44. The van der Waals surface area contributed by atoms with Gasteiger partial charge in [0.05, 0.1) is 0 Å². The second kappa shape index (κ2) is 12.5. The van der Waals surface area contributed by atoms with Crippen molar-refractivity contribution in [3.05, 3.63) is 12.7 Å². The Morgan fingerprint density at radius 1 is 1.33 bits per heavy atom. The molecule has 0 bridgehead atoms. The largest absolute Gasteiger partial charge is 0.480 e. The first-order valence-electron chi connectivity index (χ1n) is 9.55. The van der Waals surface area contributed by atoms with Gasteiger partial charge in [-0.15, -0.1) is 6.58 Å². The summed E-state index contributed by atoms with van der Waals surface area (Å²) in [5, 5.41) is 11.8. The molecule has 0 saturated carbocycles. The summed E-state index contributed by atoms with van der Waals surface area (Å²) in [6.07, 6.45) is 5.69. The van der Waals surface area contributed by atoms with E-state index in [1.807, 2.05) is 0 Å². The summed E-state index contributed by atoms with van der Waals surface area (Å²) in [5.74, 6) is -2.86. The number of unbranched alkanes of at least 4 members (excludes halogenated alkanes) is 1. The van der Waals surface area contributed by atoms with Crippen LogP contribution in [0.5, 0.6) is 0 Å². The SMILES string of the molecule is C=CCCC[C@H](CC(=O)NOC1CCCCO1)C(=O)N[C@H](C(=O)O)C(C)C. The van der Waals surface area contributed by atoms with Crippen molar-refractivity contribution in [1.82, 2.24) is 10.8 Å². The average Bonchev–Trinajstić information content (AvgIpc) is 2.63. The van der Waals surface area contributed by atoms with Crippen molar-refractivity contribution < 1.29 is 29.1 Å². The van der Waals surface area contributed by atoms with Crippen LogP contribution in [0.15, 0.2) is 12.7 Å². The number of aliphatic carboxylic acids is 1. The van der Waals surface area contributed by atoms with Gasteiger partial charge in [0.15, 0.2) is 6.29 Å². The third-order valence-corrected chi connectivity index (χ3v) is 4.44. The molecule has 27 heavy (non-hydrogen) atoms. The molecule has 3 atom stereocenters. The van der Waals surface area contributed by atoms with Gasteiger partial charge in [0.25, 0.3) is 0 Å². The maximum atomic E-state index is 12.6. The van der Waals surface area contributed by atoms with Gasteiger partial charge < -0.3 is 15.2 Å². The highest BCUT2D eigenvalue weighted by Gasteiger charge is 2.29. The molecule has 3 N–H and O–H groups in total. The molecule has 1 aliphatic heterocycles. The molecule has 2 amide bonds. The van der Waals surface area contributed by atoms with Gasteiger partial charge in [0, 0.05) is 25.4 Å². The van der Waals surface area contributed by atoms with E-state index in [1.165, 1.54) is 0 Å². The van der Waals surface area contributed by atoms with Crippen LogP contribution in [0, 0.1) is 11.8 Å². The van der Waals surface area contributed by atoms with Gasteiger partial charge in [0.2, 0.25) is 11.8 Å². The Kier molecular flexibility index (Phi) is 10.7. The molecule has 0 aromatic carbocycles. The fourth-order valence-corrected chi connectivity index (χ4v) is 2.82. The van der Waals surface area contributed by atoms with E-state index in [0.29, 0.717) is 32.3 Å². The zero-order valence-corrected chi connectivity index (χ0v) is 16.2. The number of nitrogens with one attached hydrogen (secondary N) is 2. The number of carboxylic acid groups (broad SMARTS) is 1. The molecule has 1 unspecified atom stereocenters. The van der Waals surface area contributed by atoms with Crippen molar-refractivity contribution >= 4 is 17.8 Å². The number of hydrogen-bond acceptors (Lipinski definition) is 5. The number of carbonyl (C=O) groups is 3. The van der Waals surface area contributed by atoms with Crippen LogP contribution in [0.4, 0.5) is 0 Å². The molecule has 8 nitrogen and oxygen atoms in total. The van der Waals surface area contributed by atoms with E-state index in [2.05, 4.69) is 17.4 Å². The van der Waals surface area contributed by atoms with Crippen LogP contribution in [-0.2, 0) is 24.0 Å². The molecule has 0 spiro atoms. The molecule has 8 heteroatoms. The van der Waals surface area contributed by atoms with E-state index in [0.717, 1.165) is 12.8 Å². The number of hydrogen-bond donors (Lipinski definition) is 3. The van der Waals surface area contributed by atoms with Crippen molar-refractivity contribution in [1.29, 1.82) is 0 Å². The minimum absolute atomic E-state index is 0.0832. The highest BCUT2D eigenvalue weighted by molar-refractivity contribution is 5.88. The summed E-state index contributed by atoms with van der Waals surface area (Å²) in [6, 6.07) is -0.991. The van der Waals surface area contributed by atoms with E-state index in [4.69, 9.17) is 9.57 Å². The normalized spacial score (nSPS) is 19.1. The fraction of sp³-hybridized carbons (Fsp3) is 0.737. The molecule has 0 radical (unpaired) electrons. The van der Waals surface area contributed by atoms with Crippen LogP contribution < -0.4 is 10.8 Å². The molecule has 1 aliphatic rings. The maximum absolute atomic E-state index is 12.6. The zero-order valence-electron chi connectivity index (χ0n) is 16.2. The van der Waals surface area contributed by atoms with Crippen molar-refractivity contribution in [3.63, 3.8) is 0 Å². The van der Waals surface area contributed by atoms with Crippen LogP contribution in [0.1, 0.15) is 58.8 Å². The number of ether oxygens (including phenoxy) is 1. The molecule has 0 aliphatic carbocycles. The highest BCUT2D eigenvalue weighted by Crippen LogP contribution is 2.16. The number of carboxylic acids is 1. The summed E-state index contributed by atoms with van der Waals surface area (Å²) in [4.78, 5) is 41.3. The quantitative estimate of drug-likeness (QED) is 0.270. The minimum atomic E-state index is -1.09. The Morgan fingerprint density at radius 3 is 2.63 bits per heavy atom. The van der Waals surface area contributed by atoms with Gasteiger partial charge in [-0.2, -0.15) is 0 Å². The van der Waals surface area contributed by atoms with Crippen LogP contribution in [0.25, 0.3) is 0 Å². The second-order valence-corrected chi connectivity index (χ2v) is 7.13. The van der Waals surface area contributed by atoms with Gasteiger partial charge in [-0.05, 0) is 38.0 Å². The summed E-state index contributed by atoms with van der Waals surface area (Å²) < 4.78 is 5.37. The van der Waals surface area contributed by atoms with E-state index >= 15 is 0 Å². The van der Waals surface area contributed by atoms with Crippen LogP contribution in [0.3, 0.4) is 0 Å². The first kappa shape index (κ1) is 23.1. The number of amides is 2. The Hall–Kier alpha value is -1.93. The molecular weight excluding hydrogens is 352 g/mol. The van der Waals surface area contributed by atoms with Gasteiger partial charge in [0.1, 0.15) is 6.04 Å². The lowest BCUT2D eigenvalue weighted by Crippen LogP contribution is -2.47. The van der Waals surface area contributed by atoms with Crippen LogP contribution in [0.2, 0.25) is 0 Å². The average molecular weight is 384 g/mol. The van der Waals surface area contributed by atoms with Crippen molar-refractivity contribution in [3.8, 4) is 0 Å². The van der Waals surface area contributed by atoms with Gasteiger partial charge >= 0.3 is 5.97 Å². The lowest BCUT2D eigenvalue weighted by atomic mass is 9.95. The van der Waals surface area contributed by atoms with Gasteiger partial charge in [-0.1, -0.05) is 19.9 Å². The minimum Gasteiger partial charge on any atom is -0.480 e. The molecule has 1 rings (SSSR count). The number of hydroxylamine groups is 1. The first-order valence-corrected chi connectivity index (χ1v) is 9.55. The summed E-state index contributed by atoms with van der Waals surface area (Å²) in [7, 11) is 0. The number of rotatable bonds is 12. The molecule has 1 heterocycles. The second-order valence-electron chi connectivity index (χ2n) is 7.13. The third kappa shape index (κ3) is 9.01. The van der Waals surface area contributed by atoms with Crippen molar-refractivity contribution in [2.24, 2.45) is 11.8 Å². The smallest absolute Gasteiger partial charge is 0.326 e. The maximum Gasteiger partial charge on any atom is 0.326 e. The van der Waals surface area contributed by atoms with E-state index in [9.17, 15) is 19.5 Å². The van der Waals surface area contributed by atoms with Crippen molar-refractivity contribution in [2.75, 3.05) is 6.61 Å². The number of carbonyl (C=O) groups excluding carboxylic acids is 2. The Morgan fingerprint density at radius 2 is 2.07 bits per heavy atom. The molecule has 154 valence electrons. The van der Waals surface area contributed by atoms with Gasteiger partial charge in [-0.3, -0.25) is 9.59 Å². The van der Waals surface area contributed by atoms with Crippen molar-refractivity contribution in [2.45, 2.75) is 71.1 Å². The summed E-state index contributed by atoms with van der Waals surface area (Å²) >= 11 is 0. The van der Waals surface area contributed by atoms with E-state index in [-0.39, 0.29) is 12.3 Å². The highest BCUT2D eigenvalue weighted by atomic mass is 16.8. The molecule has 0 aromatic heterocycles. The predicted octanol–water partition coefficient (Wildman–Crippen LogP) is 2.15. The Bertz CT molecular complexity index is 502. The lowest BCUT2D eigenvalue weighted by Gasteiger charge is -2.24. The van der Waals surface area contributed by atoms with E-state index in [1.54, 1.807) is 19.9 Å². The fourth-order valence-electron chi connectivity index (χ4n) is 2.82. The Labute approximate surface area is 160 Å². The first-order chi connectivity index (χ1) is 12.8. The lowest BCUT2D eigenvalue weighted by molar-refractivity contribution is -0.200. The van der Waals surface area contributed by atoms with Crippen LogP contribution in [-0.4, -0.2) is 41.8 Å². The van der Waals surface area contributed by atoms with Crippen LogP contribution >= 0.6 is 0 Å². The summed E-state index contributed by atoms with van der Waals surface area (Å²) in [6.45, 7) is 7.68. The molecule has 1 fully saturated rings. The molecule has 0 aromatic rings. The standard InChI is InChI=1S/C19H32N2O6/c1-4-5-6-9-14(18(23)20-17(13(2)3)19(24)25)12-15(22)21-27-16-10-7-8-11-26-16/h4,13-14,16-17H,1,5-12H2,2-3H3,(H,20,23)(H,21,22)(H,24,25)/t14-,16?,17+/m1/s1. The molecular formula is C19H32N2O6. The summed E-state index contributed by atoms with van der Waals surface area (Å²) in [5.41, 5.74) is 2.35. The Balaban J connectivity index is 2.59. The topological polar surface area (TPSA) is 114 Å².